The van der Waals surface area contributed by atoms with E-state index in [-0.39, 0.29) is 12.5 Å². The van der Waals surface area contributed by atoms with Crippen molar-refractivity contribution >= 4 is 33.2 Å². The SMILES string of the molecule is Cc1cccc(NC(=O)CNc2ccc(Br)cc2)c1. The monoisotopic (exact) mass is 318 g/mol. The number of carbonyl (C=O) groups is 1. The summed E-state index contributed by atoms with van der Waals surface area (Å²) < 4.78 is 1.02. The molecular weight excluding hydrogens is 304 g/mol. The van der Waals surface area contributed by atoms with Crippen LogP contribution >= 0.6 is 15.9 Å². The minimum atomic E-state index is -0.0616. The minimum Gasteiger partial charge on any atom is -0.376 e. The first-order valence-corrected chi connectivity index (χ1v) is 6.79. The van der Waals surface area contributed by atoms with Gasteiger partial charge in [-0.1, -0.05) is 28.1 Å². The Morgan fingerprint density at radius 2 is 1.84 bits per heavy atom. The molecule has 2 N–H and O–H groups in total. The van der Waals surface area contributed by atoms with Gasteiger partial charge in [-0.3, -0.25) is 4.79 Å². The molecule has 19 heavy (non-hydrogen) atoms. The van der Waals surface area contributed by atoms with Crippen molar-refractivity contribution in [2.75, 3.05) is 17.2 Å². The molecule has 0 unspecified atom stereocenters. The Morgan fingerprint density at radius 3 is 2.53 bits per heavy atom. The van der Waals surface area contributed by atoms with Gasteiger partial charge in [0.25, 0.3) is 0 Å². The van der Waals surface area contributed by atoms with E-state index in [1.807, 2.05) is 55.5 Å². The fraction of sp³-hybridized carbons (Fsp3) is 0.133. The van der Waals surface area contributed by atoms with Gasteiger partial charge >= 0.3 is 0 Å². The summed E-state index contributed by atoms with van der Waals surface area (Å²) in [6.07, 6.45) is 0. The highest BCUT2D eigenvalue weighted by Gasteiger charge is 2.02. The lowest BCUT2D eigenvalue weighted by atomic mass is 10.2. The van der Waals surface area contributed by atoms with Crippen molar-refractivity contribution in [2.24, 2.45) is 0 Å². The smallest absolute Gasteiger partial charge is 0.243 e. The van der Waals surface area contributed by atoms with Crippen molar-refractivity contribution < 1.29 is 4.79 Å². The summed E-state index contributed by atoms with van der Waals surface area (Å²) in [5.41, 5.74) is 2.86. The lowest BCUT2D eigenvalue weighted by Crippen LogP contribution is -2.21. The van der Waals surface area contributed by atoms with Gasteiger partial charge in [0.2, 0.25) is 5.91 Å². The Balaban J connectivity index is 1.86. The fourth-order valence-corrected chi connectivity index (χ4v) is 1.94. The molecule has 0 saturated heterocycles. The quantitative estimate of drug-likeness (QED) is 0.900. The molecule has 98 valence electrons. The summed E-state index contributed by atoms with van der Waals surface area (Å²) >= 11 is 3.37. The van der Waals surface area contributed by atoms with E-state index in [1.54, 1.807) is 0 Å². The third-order valence-electron chi connectivity index (χ3n) is 2.60. The first kappa shape index (κ1) is 13.6. The van der Waals surface area contributed by atoms with E-state index >= 15 is 0 Å². The summed E-state index contributed by atoms with van der Waals surface area (Å²) in [4.78, 5) is 11.8. The molecule has 0 aliphatic carbocycles. The van der Waals surface area contributed by atoms with Gasteiger partial charge < -0.3 is 10.6 Å². The largest absolute Gasteiger partial charge is 0.376 e. The van der Waals surface area contributed by atoms with Crippen molar-refractivity contribution in [1.29, 1.82) is 0 Å². The van der Waals surface area contributed by atoms with E-state index in [2.05, 4.69) is 26.6 Å². The molecule has 1 amide bonds. The van der Waals surface area contributed by atoms with Gasteiger partial charge in [-0.05, 0) is 48.9 Å². The maximum absolute atomic E-state index is 11.8. The van der Waals surface area contributed by atoms with E-state index < -0.39 is 0 Å². The summed E-state index contributed by atoms with van der Waals surface area (Å²) in [6.45, 7) is 2.24. The zero-order valence-corrected chi connectivity index (χ0v) is 12.2. The predicted octanol–water partition coefficient (Wildman–Crippen LogP) is 3.81. The standard InChI is InChI=1S/C15H15BrN2O/c1-11-3-2-4-14(9-11)18-15(19)10-17-13-7-5-12(16)6-8-13/h2-9,17H,10H2,1H3,(H,18,19). The number of rotatable bonds is 4. The van der Waals surface area contributed by atoms with Crippen LogP contribution in [0.5, 0.6) is 0 Å². The maximum Gasteiger partial charge on any atom is 0.243 e. The van der Waals surface area contributed by atoms with Gasteiger partial charge in [0.05, 0.1) is 6.54 Å². The number of carbonyl (C=O) groups excluding carboxylic acids is 1. The second-order valence-corrected chi connectivity index (χ2v) is 5.19. The van der Waals surface area contributed by atoms with Crippen LogP contribution in [0.2, 0.25) is 0 Å². The van der Waals surface area contributed by atoms with Gasteiger partial charge in [-0.25, -0.2) is 0 Å². The molecule has 0 bridgehead atoms. The van der Waals surface area contributed by atoms with E-state index in [1.165, 1.54) is 0 Å². The van der Waals surface area contributed by atoms with Gasteiger partial charge in [0.1, 0.15) is 0 Å². The van der Waals surface area contributed by atoms with Gasteiger partial charge in [0, 0.05) is 15.8 Å². The first-order chi connectivity index (χ1) is 9.13. The molecule has 2 aromatic rings. The van der Waals surface area contributed by atoms with Gasteiger partial charge in [-0.15, -0.1) is 0 Å². The molecule has 0 aliphatic rings. The van der Waals surface area contributed by atoms with Crippen LogP contribution in [0.15, 0.2) is 53.0 Å². The molecule has 0 radical (unpaired) electrons. The Labute approximate surface area is 121 Å². The van der Waals surface area contributed by atoms with Crippen LogP contribution in [0.4, 0.5) is 11.4 Å². The lowest BCUT2D eigenvalue weighted by molar-refractivity contribution is -0.114. The molecule has 2 rings (SSSR count). The summed E-state index contributed by atoms with van der Waals surface area (Å²) in [7, 11) is 0. The van der Waals surface area contributed by atoms with Crippen LogP contribution in [-0.2, 0) is 4.79 Å². The first-order valence-electron chi connectivity index (χ1n) is 5.99. The third-order valence-corrected chi connectivity index (χ3v) is 3.13. The maximum atomic E-state index is 11.8. The Hall–Kier alpha value is -1.81. The Kier molecular flexibility index (Phi) is 4.58. The molecular formula is C15H15BrN2O. The molecule has 2 aromatic carbocycles. The van der Waals surface area contributed by atoms with Crippen molar-refractivity contribution in [1.82, 2.24) is 0 Å². The highest BCUT2D eigenvalue weighted by atomic mass is 79.9. The zero-order valence-electron chi connectivity index (χ0n) is 10.6. The van der Waals surface area contributed by atoms with Crippen molar-refractivity contribution in [3.05, 3.63) is 58.6 Å². The second-order valence-electron chi connectivity index (χ2n) is 4.28. The molecule has 0 aromatic heterocycles. The van der Waals surface area contributed by atoms with E-state index in [0.717, 1.165) is 21.4 Å². The predicted molar refractivity (Wildman–Crippen MR) is 82.4 cm³/mol. The second kappa shape index (κ2) is 6.38. The molecule has 3 nitrogen and oxygen atoms in total. The molecule has 4 heteroatoms. The van der Waals surface area contributed by atoms with Crippen molar-refractivity contribution in [3.8, 4) is 0 Å². The van der Waals surface area contributed by atoms with Gasteiger partial charge in [0.15, 0.2) is 0 Å². The van der Waals surface area contributed by atoms with Crippen LogP contribution < -0.4 is 10.6 Å². The molecule has 0 spiro atoms. The molecule has 0 heterocycles. The van der Waals surface area contributed by atoms with Gasteiger partial charge in [-0.2, -0.15) is 0 Å². The zero-order chi connectivity index (χ0) is 13.7. The number of hydrogen-bond acceptors (Lipinski definition) is 2. The number of aryl methyl sites for hydroxylation is 1. The number of anilines is 2. The molecule has 0 atom stereocenters. The van der Waals surface area contributed by atoms with E-state index in [4.69, 9.17) is 0 Å². The Morgan fingerprint density at radius 1 is 1.11 bits per heavy atom. The Bertz CT molecular complexity index is 567. The van der Waals surface area contributed by atoms with Crippen molar-refractivity contribution in [3.63, 3.8) is 0 Å². The third kappa shape index (κ3) is 4.41. The van der Waals surface area contributed by atoms with Crippen LogP contribution in [0.25, 0.3) is 0 Å². The van der Waals surface area contributed by atoms with Crippen LogP contribution in [0, 0.1) is 6.92 Å². The fourth-order valence-electron chi connectivity index (χ4n) is 1.68. The summed E-state index contributed by atoms with van der Waals surface area (Å²) in [5, 5.41) is 5.93. The minimum absolute atomic E-state index is 0.0616. The average molecular weight is 319 g/mol. The number of amides is 1. The number of nitrogens with one attached hydrogen (secondary N) is 2. The topological polar surface area (TPSA) is 41.1 Å². The van der Waals surface area contributed by atoms with E-state index in [9.17, 15) is 4.79 Å². The number of halogens is 1. The molecule has 0 fully saturated rings. The number of hydrogen-bond donors (Lipinski definition) is 2. The summed E-state index contributed by atoms with van der Waals surface area (Å²) in [5.74, 6) is -0.0616. The van der Waals surface area contributed by atoms with Crippen molar-refractivity contribution in [2.45, 2.75) is 6.92 Å². The lowest BCUT2D eigenvalue weighted by Gasteiger charge is -2.08. The van der Waals surface area contributed by atoms with Crippen LogP contribution in [0.3, 0.4) is 0 Å². The van der Waals surface area contributed by atoms with E-state index in [0.29, 0.717) is 0 Å². The summed E-state index contributed by atoms with van der Waals surface area (Å²) in [6, 6.07) is 15.4. The highest BCUT2D eigenvalue weighted by molar-refractivity contribution is 9.10. The molecule has 0 aliphatic heterocycles. The van der Waals surface area contributed by atoms with Crippen LogP contribution in [0.1, 0.15) is 5.56 Å². The number of benzene rings is 2. The average Bonchev–Trinajstić information content (AvgIpc) is 2.38. The highest BCUT2D eigenvalue weighted by Crippen LogP contribution is 2.14. The molecule has 0 saturated carbocycles. The normalized spacial score (nSPS) is 10.0. The van der Waals surface area contributed by atoms with Crippen LogP contribution in [-0.4, -0.2) is 12.5 Å².